The van der Waals surface area contributed by atoms with E-state index in [0.29, 0.717) is 6.42 Å². The summed E-state index contributed by atoms with van der Waals surface area (Å²) in [5.74, 6) is -0.452. The van der Waals surface area contributed by atoms with Crippen LogP contribution in [0.5, 0.6) is 0 Å². The van der Waals surface area contributed by atoms with E-state index < -0.39 is 5.97 Å². The van der Waals surface area contributed by atoms with Crippen molar-refractivity contribution in [2.75, 3.05) is 0 Å². The Morgan fingerprint density at radius 2 is 1.94 bits per heavy atom. The fourth-order valence-corrected chi connectivity index (χ4v) is 2.54. The molecule has 1 N–H and O–H groups in total. The largest absolute Gasteiger partial charge is 0.481 e. The predicted molar refractivity (Wildman–Crippen MR) is 74.0 cm³/mol. The highest BCUT2D eigenvalue weighted by Gasteiger charge is 2.13. The van der Waals surface area contributed by atoms with Crippen molar-refractivity contribution < 1.29 is 9.90 Å². The fraction of sp³-hybridized carbons (Fsp3) is 0.312. The zero-order valence-corrected chi connectivity index (χ0v) is 10.8. The van der Waals surface area contributed by atoms with Gasteiger partial charge >= 0.3 is 5.97 Å². The maximum atomic E-state index is 10.7. The molecular formula is C16H18O2. The molecule has 0 heterocycles. The van der Waals surface area contributed by atoms with Gasteiger partial charge < -0.3 is 5.11 Å². The van der Waals surface area contributed by atoms with E-state index >= 15 is 0 Å². The van der Waals surface area contributed by atoms with Gasteiger partial charge in [0, 0.05) is 6.42 Å². The first-order valence-corrected chi connectivity index (χ1v) is 6.29. The minimum absolute atomic E-state index is 0.226. The van der Waals surface area contributed by atoms with Crippen LogP contribution in [0.1, 0.15) is 36.8 Å². The first kappa shape index (κ1) is 12.6. The second kappa shape index (κ2) is 5.21. The molecule has 0 bridgehead atoms. The highest BCUT2D eigenvalue weighted by atomic mass is 16.4. The van der Waals surface area contributed by atoms with Crippen LogP contribution in [0.4, 0.5) is 0 Å². The minimum atomic E-state index is -0.722. The molecule has 2 heteroatoms. The number of aryl methyl sites for hydroxylation is 1. The quantitative estimate of drug-likeness (QED) is 0.875. The van der Waals surface area contributed by atoms with Gasteiger partial charge in [-0.15, -0.1) is 0 Å². The highest BCUT2D eigenvalue weighted by Crippen LogP contribution is 2.31. The lowest BCUT2D eigenvalue weighted by Gasteiger charge is -2.17. The number of hydrogen-bond acceptors (Lipinski definition) is 1. The lowest BCUT2D eigenvalue weighted by atomic mass is 9.88. The zero-order chi connectivity index (χ0) is 13.1. The van der Waals surface area contributed by atoms with Crippen LogP contribution in [0.15, 0.2) is 36.4 Å². The molecule has 0 aliphatic rings. The number of carboxylic acids is 1. The van der Waals surface area contributed by atoms with Crippen molar-refractivity contribution in [3.63, 3.8) is 0 Å². The molecule has 0 aliphatic heterocycles. The molecule has 0 fully saturated rings. The van der Waals surface area contributed by atoms with Crippen molar-refractivity contribution in [3.05, 3.63) is 47.5 Å². The smallest absolute Gasteiger partial charge is 0.303 e. The van der Waals surface area contributed by atoms with Gasteiger partial charge in [0.25, 0.3) is 0 Å². The van der Waals surface area contributed by atoms with Crippen LogP contribution in [0.3, 0.4) is 0 Å². The second-order valence-corrected chi connectivity index (χ2v) is 4.85. The molecule has 2 nitrogen and oxygen atoms in total. The van der Waals surface area contributed by atoms with Crippen LogP contribution < -0.4 is 0 Å². The van der Waals surface area contributed by atoms with E-state index in [1.54, 1.807) is 0 Å². The minimum Gasteiger partial charge on any atom is -0.481 e. The number of rotatable bonds is 4. The Balaban J connectivity index is 2.42. The van der Waals surface area contributed by atoms with E-state index in [4.69, 9.17) is 5.11 Å². The van der Waals surface area contributed by atoms with Gasteiger partial charge in [0.1, 0.15) is 0 Å². The standard InChI is InChI=1S/C16H18O2/c1-11-7-9-13-5-3-4-6-14(13)16(11)12(2)8-10-15(17)18/h3-7,9,12H,8,10H2,1-2H3,(H,17,18). The molecule has 2 aromatic carbocycles. The molecule has 0 saturated carbocycles. The van der Waals surface area contributed by atoms with E-state index in [0.717, 1.165) is 0 Å². The van der Waals surface area contributed by atoms with Gasteiger partial charge in [-0.2, -0.15) is 0 Å². The lowest BCUT2D eigenvalue weighted by Crippen LogP contribution is -2.02. The van der Waals surface area contributed by atoms with Gasteiger partial charge in [-0.1, -0.05) is 43.3 Å². The third-order valence-electron chi connectivity index (χ3n) is 3.47. The summed E-state index contributed by atoms with van der Waals surface area (Å²) in [6.07, 6.45) is 0.911. The van der Waals surface area contributed by atoms with Gasteiger partial charge in [-0.3, -0.25) is 4.79 Å². The summed E-state index contributed by atoms with van der Waals surface area (Å²) in [6.45, 7) is 4.21. The topological polar surface area (TPSA) is 37.3 Å². The van der Waals surface area contributed by atoms with Crippen molar-refractivity contribution >= 4 is 16.7 Å². The number of aliphatic carboxylic acids is 1. The molecule has 18 heavy (non-hydrogen) atoms. The molecule has 94 valence electrons. The van der Waals surface area contributed by atoms with Gasteiger partial charge in [-0.25, -0.2) is 0 Å². The van der Waals surface area contributed by atoms with E-state index in [9.17, 15) is 4.79 Å². The Kier molecular flexibility index (Phi) is 3.66. The summed E-state index contributed by atoms with van der Waals surface area (Å²) < 4.78 is 0. The van der Waals surface area contributed by atoms with Gasteiger partial charge in [0.2, 0.25) is 0 Å². The first-order chi connectivity index (χ1) is 8.59. The molecule has 2 rings (SSSR count). The molecule has 0 spiro atoms. The Labute approximate surface area is 107 Å². The zero-order valence-electron chi connectivity index (χ0n) is 10.8. The Morgan fingerprint density at radius 3 is 2.67 bits per heavy atom. The number of hydrogen-bond donors (Lipinski definition) is 1. The monoisotopic (exact) mass is 242 g/mol. The molecule has 0 aromatic heterocycles. The summed E-state index contributed by atoms with van der Waals surface area (Å²) in [5, 5.41) is 11.3. The van der Waals surface area contributed by atoms with Crippen LogP contribution in [0.25, 0.3) is 10.8 Å². The lowest BCUT2D eigenvalue weighted by molar-refractivity contribution is -0.137. The average Bonchev–Trinajstić information content (AvgIpc) is 2.36. The summed E-state index contributed by atoms with van der Waals surface area (Å²) in [7, 11) is 0. The molecular weight excluding hydrogens is 224 g/mol. The normalized spacial score (nSPS) is 12.6. The van der Waals surface area contributed by atoms with Gasteiger partial charge in [-0.05, 0) is 41.2 Å². The molecule has 0 amide bonds. The number of carbonyl (C=O) groups is 1. The van der Waals surface area contributed by atoms with Gasteiger partial charge in [0.15, 0.2) is 0 Å². The maximum Gasteiger partial charge on any atom is 0.303 e. The number of fused-ring (bicyclic) bond motifs is 1. The van der Waals surface area contributed by atoms with Crippen molar-refractivity contribution in [2.45, 2.75) is 32.6 Å². The van der Waals surface area contributed by atoms with Crippen molar-refractivity contribution in [2.24, 2.45) is 0 Å². The van der Waals surface area contributed by atoms with E-state index in [2.05, 4.69) is 38.1 Å². The molecule has 1 atom stereocenters. The average molecular weight is 242 g/mol. The summed E-state index contributed by atoms with van der Waals surface area (Å²) >= 11 is 0. The molecule has 0 radical (unpaired) electrons. The summed E-state index contributed by atoms with van der Waals surface area (Å²) in [4.78, 5) is 10.7. The Morgan fingerprint density at radius 1 is 1.22 bits per heavy atom. The van der Waals surface area contributed by atoms with Gasteiger partial charge in [0.05, 0.1) is 0 Å². The third-order valence-corrected chi connectivity index (χ3v) is 3.47. The Bertz CT molecular complexity index is 572. The second-order valence-electron chi connectivity index (χ2n) is 4.85. The Hall–Kier alpha value is -1.83. The van der Waals surface area contributed by atoms with E-state index in [1.807, 2.05) is 12.1 Å². The van der Waals surface area contributed by atoms with Crippen molar-refractivity contribution in [1.82, 2.24) is 0 Å². The van der Waals surface area contributed by atoms with E-state index in [1.165, 1.54) is 21.9 Å². The third kappa shape index (κ3) is 2.53. The maximum absolute atomic E-state index is 10.7. The highest BCUT2D eigenvalue weighted by molar-refractivity contribution is 5.87. The van der Waals surface area contributed by atoms with Crippen molar-refractivity contribution in [1.29, 1.82) is 0 Å². The van der Waals surface area contributed by atoms with E-state index in [-0.39, 0.29) is 12.3 Å². The van der Waals surface area contributed by atoms with Crippen LogP contribution in [-0.4, -0.2) is 11.1 Å². The predicted octanol–water partition coefficient (Wildman–Crippen LogP) is 4.12. The number of carboxylic acid groups (broad SMARTS) is 1. The first-order valence-electron chi connectivity index (χ1n) is 6.29. The van der Waals surface area contributed by atoms with Crippen LogP contribution in [0, 0.1) is 6.92 Å². The van der Waals surface area contributed by atoms with Crippen LogP contribution in [-0.2, 0) is 4.79 Å². The number of benzene rings is 2. The molecule has 2 aromatic rings. The molecule has 0 aliphatic carbocycles. The van der Waals surface area contributed by atoms with Crippen LogP contribution in [0.2, 0.25) is 0 Å². The molecule has 0 saturated heterocycles. The van der Waals surface area contributed by atoms with Crippen molar-refractivity contribution in [3.8, 4) is 0 Å². The summed E-state index contributed by atoms with van der Waals surface area (Å²) in [5.41, 5.74) is 2.53. The van der Waals surface area contributed by atoms with Crippen LogP contribution >= 0.6 is 0 Å². The SMILES string of the molecule is Cc1ccc2ccccc2c1C(C)CCC(=O)O. The fourth-order valence-electron chi connectivity index (χ4n) is 2.54. The molecule has 1 unspecified atom stereocenters. The summed E-state index contributed by atoms with van der Waals surface area (Å²) in [6, 6.07) is 12.5.